The summed E-state index contributed by atoms with van der Waals surface area (Å²) in [7, 11) is 0. The minimum absolute atomic E-state index is 0.0265. The van der Waals surface area contributed by atoms with Crippen LogP contribution in [0.4, 0.5) is 0 Å². The maximum absolute atomic E-state index is 13.1. The first-order chi connectivity index (χ1) is 16.3. The van der Waals surface area contributed by atoms with Gasteiger partial charge in [0.2, 0.25) is 5.78 Å². The Morgan fingerprint density at radius 3 is 2.50 bits per heavy atom. The standard InChI is InChI=1S/C25H25ClN4O4/c1-16(2)13-14-29-24(33)19-5-3-4-6-20(19)30-22(27-28-25(29)30)15-34-23(32)12-11-21(31)17-7-9-18(26)10-8-17/h3-10,16H,11-15H2,1-2H3. The van der Waals surface area contributed by atoms with E-state index >= 15 is 0 Å². The number of aromatic nitrogens is 4. The number of hydrogen-bond acceptors (Lipinski definition) is 6. The summed E-state index contributed by atoms with van der Waals surface area (Å²) in [6, 6.07) is 13.7. The Morgan fingerprint density at radius 1 is 1.03 bits per heavy atom. The fourth-order valence-corrected chi connectivity index (χ4v) is 3.84. The Kier molecular flexibility index (Phi) is 7.07. The van der Waals surface area contributed by atoms with Crippen molar-refractivity contribution in [3.8, 4) is 0 Å². The molecule has 0 aliphatic heterocycles. The summed E-state index contributed by atoms with van der Waals surface area (Å²) in [5.41, 5.74) is 1.02. The van der Waals surface area contributed by atoms with Gasteiger partial charge in [0.15, 0.2) is 18.2 Å². The second-order valence-corrected chi connectivity index (χ2v) is 8.94. The van der Waals surface area contributed by atoms with E-state index in [2.05, 4.69) is 24.0 Å². The molecule has 4 aromatic rings. The second kappa shape index (κ2) is 10.2. The van der Waals surface area contributed by atoms with E-state index in [1.807, 2.05) is 18.2 Å². The molecule has 0 bridgehead atoms. The van der Waals surface area contributed by atoms with Gasteiger partial charge in [-0.15, -0.1) is 10.2 Å². The summed E-state index contributed by atoms with van der Waals surface area (Å²) >= 11 is 5.84. The summed E-state index contributed by atoms with van der Waals surface area (Å²) in [5, 5.41) is 9.50. The molecule has 2 aromatic heterocycles. The number of carbonyl (C=O) groups excluding carboxylic acids is 2. The first kappa shape index (κ1) is 23.6. The number of aryl methyl sites for hydroxylation is 1. The molecule has 0 aliphatic carbocycles. The molecule has 0 unspecified atom stereocenters. The number of rotatable bonds is 9. The molecule has 0 atom stereocenters. The second-order valence-electron chi connectivity index (χ2n) is 8.50. The van der Waals surface area contributed by atoms with Crippen molar-refractivity contribution in [2.75, 3.05) is 0 Å². The molecule has 2 heterocycles. The van der Waals surface area contributed by atoms with E-state index in [9.17, 15) is 14.4 Å². The van der Waals surface area contributed by atoms with Crippen molar-refractivity contribution >= 4 is 40.0 Å². The first-order valence-corrected chi connectivity index (χ1v) is 11.5. The van der Waals surface area contributed by atoms with Crippen LogP contribution in [0.15, 0.2) is 53.3 Å². The van der Waals surface area contributed by atoms with Crippen molar-refractivity contribution in [2.24, 2.45) is 5.92 Å². The molecule has 0 aliphatic rings. The Bertz CT molecular complexity index is 1410. The van der Waals surface area contributed by atoms with E-state index < -0.39 is 5.97 Å². The van der Waals surface area contributed by atoms with Crippen molar-refractivity contribution in [2.45, 2.75) is 46.3 Å². The van der Waals surface area contributed by atoms with E-state index in [0.717, 1.165) is 6.42 Å². The van der Waals surface area contributed by atoms with Crippen LogP contribution in [-0.4, -0.2) is 30.9 Å². The van der Waals surface area contributed by atoms with E-state index in [0.29, 0.717) is 45.6 Å². The van der Waals surface area contributed by atoms with E-state index in [1.165, 1.54) is 0 Å². The zero-order valence-electron chi connectivity index (χ0n) is 19.0. The number of benzene rings is 2. The summed E-state index contributed by atoms with van der Waals surface area (Å²) in [6.45, 7) is 4.57. The van der Waals surface area contributed by atoms with Gasteiger partial charge in [-0.2, -0.15) is 0 Å². The molecule has 34 heavy (non-hydrogen) atoms. The number of ketones is 1. The van der Waals surface area contributed by atoms with Crippen molar-refractivity contribution < 1.29 is 14.3 Å². The zero-order valence-corrected chi connectivity index (χ0v) is 19.8. The van der Waals surface area contributed by atoms with Crippen LogP contribution in [0, 0.1) is 5.92 Å². The van der Waals surface area contributed by atoms with Crippen LogP contribution in [0.3, 0.4) is 0 Å². The van der Waals surface area contributed by atoms with Crippen molar-refractivity contribution in [3.05, 3.63) is 75.3 Å². The molecule has 9 heteroatoms. The fraction of sp³-hybridized carbons (Fsp3) is 0.320. The van der Waals surface area contributed by atoms with E-state index in [-0.39, 0.29) is 30.8 Å². The van der Waals surface area contributed by atoms with Gasteiger partial charge in [-0.3, -0.25) is 23.4 Å². The van der Waals surface area contributed by atoms with Gasteiger partial charge in [-0.25, -0.2) is 0 Å². The average molecular weight is 481 g/mol. The predicted octanol–water partition coefficient (Wildman–Crippen LogP) is 4.45. The lowest BCUT2D eigenvalue weighted by molar-refractivity contribution is -0.145. The quantitative estimate of drug-likeness (QED) is 0.259. The minimum Gasteiger partial charge on any atom is -0.457 e. The molecule has 4 rings (SSSR count). The maximum Gasteiger partial charge on any atom is 0.306 e. The van der Waals surface area contributed by atoms with Crippen LogP contribution in [0.25, 0.3) is 16.7 Å². The highest BCUT2D eigenvalue weighted by atomic mass is 35.5. The SMILES string of the molecule is CC(C)CCn1c(=O)c2ccccc2n2c(COC(=O)CCC(=O)c3ccc(Cl)cc3)nnc12. The van der Waals surface area contributed by atoms with Crippen LogP contribution in [0.5, 0.6) is 0 Å². The third-order valence-corrected chi connectivity index (χ3v) is 5.84. The van der Waals surface area contributed by atoms with Crippen molar-refractivity contribution in [1.82, 2.24) is 19.2 Å². The molecule has 8 nitrogen and oxygen atoms in total. The van der Waals surface area contributed by atoms with E-state index in [1.54, 1.807) is 39.3 Å². The third kappa shape index (κ3) is 5.02. The first-order valence-electron chi connectivity index (χ1n) is 11.1. The largest absolute Gasteiger partial charge is 0.457 e. The molecule has 0 saturated carbocycles. The Morgan fingerprint density at radius 2 is 1.76 bits per heavy atom. The lowest BCUT2D eigenvalue weighted by Crippen LogP contribution is -2.24. The van der Waals surface area contributed by atoms with Gasteiger partial charge >= 0.3 is 5.97 Å². The number of halogens is 1. The Labute approximate surface area is 201 Å². The molecule has 0 amide bonds. The topological polar surface area (TPSA) is 95.6 Å². The summed E-state index contributed by atoms with van der Waals surface area (Å²) < 4.78 is 8.76. The number of Topliss-reactive ketones (excluding diaryl/α,β-unsaturated/α-hetero) is 1. The van der Waals surface area contributed by atoms with Crippen molar-refractivity contribution in [3.63, 3.8) is 0 Å². The van der Waals surface area contributed by atoms with Gasteiger partial charge in [0.25, 0.3) is 5.56 Å². The van der Waals surface area contributed by atoms with Crippen molar-refractivity contribution in [1.29, 1.82) is 0 Å². The molecule has 0 spiro atoms. The van der Waals surface area contributed by atoms with Gasteiger partial charge in [-0.1, -0.05) is 37.6 Å². The highest BCUT2D eigenvalue weighted by Crippen LogP contribution is 2.17. The zero-order chi connectivity index (χ0) is 24.2. The van der Waals surface area contributed by atoms with Gasteiger partial charge in [0.1, 0.15) is 0 Å². The lowest BCUT2D eigenvalue weighted by Gasteiger charge is -2.12. The Hall–Kier alpha value is -3.52. The maximum atomic E-state index is 13.1. The minimum atomic E-state index is -0.517. The third-order valence-electron chi connectivity index (χ3n) is 5.59. The summed E-state index contributed by atoms with van der Waals surface area (Å²) in [5.74, 6) is 0.547. The van der Waals surface area contributed by atoms with Crippen LogP contribution < -0.4 is 5.56 Å². The molecule has 176 valence electrons. The fourth-order valence-electron chi connectivity index (χ4n) is 3.71. The van der Waals surface area contributed by atoms with Crippen LogP contribution >= 0.6 is 11.6 Å². The lowest BCUT2D eigenvalue weighted by atomic mass is 10.1. The van der Waals surface area contributed by atoms with Gasteiger partial charge < -0.3 is 4.74 Å². The molecule has 2 aromatic carbocycles. The van der Waals surface area contributed by atoms with Crippen LogP contribution in [0.2, 0.25) is 5.02 Å². The summed E-state index contributed by atoms with van der Waals surface area (Å²) in [4.78, 5) is 37.7. The number of nitrogens with zero attached hydrogens (tertiary/aromatic N) is 4. The molecule has 0 N–H and O–H groups in total. The van der Waals surface area contributed by atoms with E-state index in [4.69, 9.17) is 16.3 Å². The van der Waals surface area contributed by atoms with Gasteiger partial charge in [0.05, 0.1) is 17.3 Å². The highest BCUT2D eigenvalue weighted by molar-refractivity contribution is 6.30. The monoisotopic (exact) mass is 480 g/mol. The molecule has 0 fully saturated rings. The number of para-hydroxylation sites is 1. The highest BCUT2D eigenvalue weighted by Gasteiger charge is 2.18. The Balaban J connectivity index is 1.52. The number of carbonyl (C=O) groups is 2. The van der Waals surface area contributed by atoms with Crippen LogP contribution in [-0.2, 0) is 22.7 Å². The smallest absolute Gasteiger partial charge is 0.306 e. The number of hydrogen-bond donors (Lipinski definition) is 0. The van der Waals surface area contributed by atoms with Crippen LogP contribution in [0.1, 0.15) is 49.3 Å². The number of fused-ring (bicyclic) bond motifs is 3. The summed E-state index contributed by atoms with van der Waals surface area (Å²) in [6.07, 6.45) is 0.781. The van der Waals surface area contributed by atoms with Gasteiger partial charge in [-0.05, 0) is 48.7 Å². The molecule has 0 radical (unpaired) electrons. The predicted molar refractivity (Wildman–Crippen MR) is 129 cm³/mol. The molecule has 0 saturated heterocycles. The molecular formula is C25H25ClN4O4. The number of esters is 1. The molecular weight excluding hydrogens is 456 g/mol. The number of ether oxygens (including phenoxy) is 1. The average Bonchev–Trinajstić information content (AvgIpc) is 3.25. The van der Waals surface area contributed by atoms with Gasteiger partial charge in [0, 0.05) is 23.6 Å². The normalized spacial score (nSPS) is 11.4.